The van der Waals surface area contributed by atoms with Gasteiger partial charge in [0.25, 0.3) is 0 Å². The third-order valence-corrected chi connectivity index (χ3v) is 3.13. The van der Waals surface area contributed by atoms with Gasteiger partial charge in [0, 0.05) is 25.8 Å². The Balaban J connectivity index is -0.000000101. The molecule has 0 aromatic carbocycles. The van der Waals surface area contributed by atoms with Crippen LogP contribution in [0.2, 0.25) is 0 Å². The topological polar surface area (TPSA) is 0 Å². The van der Waals surface area contributed by atoms with Crippen molar-refractivity contribution in [3.05, 3.63) is 59.9 Å². The molecule has 0 unspecified atom stereocenters. The van der Waals surface area contributed by atoms with Crippen molar-refractivity contribution in [3.63, 3.8) is 0 Å². The zero-order valence-corrected chi connectivity index (χ0v) is 21.0. The molecular formula is C16H25Cl2FHfSSi-3. The number of allylic oxidation sites excluding steroid dienone is 6. The molecular weight excluding hydrogens is 521 g/mol. The number of hydrogen-bond donors (Lipinski definition) is 0. The third-order valence-electron chi connectivity index (χ3n) is 2.51. The summed E-state index contributed by atoms with van der Waals surface area (Å²) in [5.74, 6) is 1.81. The summed E-state index contributed by atoms with van der Waals surface area (Å²) in [4.78, 5) is 0. The molecule has 0 aromatic rings. The fourth-order valence-electron chi connectivity index (χ4n) is 1.57. The summed E-state index contributed by atoms with van der Waals surface area (Å²) in [5.41, 5.74) is 0. The van der Waals surface area contributed by atoms with Crippen molar-refractivity contribution in [3.8, 4) is 0 Å². The molecule has 0 atom stereocenters. The normalized spacial score (nSPS) is 16.3. The van der Waals surface area contributed by atoms with Gasteiger partial charge in [-0.05, 0) is 16.8 Å². The minimum Gasteiger partial charge on any atom is -0.328 e. The zero-order chi connectivity index (χ0) is 12.9. The Bertz CT molecular complexity index is 304. The molecule has 22 heavy (non-hydrogen) atoms. The molecule has 0 N–H and O–H groups in total. The Morgan fingerprint density at radius 2 is 1.77 bits per heavy atom. The largest absolute Gasteiger partial charge is 0.328 e. The fraction of sp³-hybridized carbons (Fsp3) is 0.375. The van der Waals surface area contributed by atoms with Gasteiger partial charge >= 0.3 is 0 Å². The molecule has 6 heteroatoms. The fourth-order valence-corrected chi connectivity index (χ4v) is 2.02. The first-order valence-corrected chi connectivity index (χ1v) is 7.39. The van der Waals surface area contributed by atoms with Crippen LogP contribution in [-0.4, -0.2) is 11.0 Å². The van der Waals surface area contributed by atoms with Crippen LogP contribution in [0.15, 0.2) is 41.6 Å². The Morgan fingerprint density at radius 3 is 1.91 bits per heavy atom. The van der Waals surface area contributed by atoms with Crippen LogP contribution in [0.5, 0.6) is 0 Å². The van der Waals surface area contributed by atoms with Gasteiger partial charge in [0.15, 0.2) is 0 Å². The maximum atomic E-state index is 11.6. The van der Waals surface area contributed by atoms with E-state index in [1.54, 1.807) is 17.8 Å². The predicted octanol–water partition coefficient (Wildman–Crippen LogP) is 5.38. The Kier molecular flexibility index (Phi) is 33.5. The van der Waals surface area contributed by atoms with Crippen LogP contribution in [0.25, 0.3) is 0 Å². The number of halogens is 3. The average Bonchev–Trinajstić information content (AvgIpc) is 2.95. The van der Waals surface area contributed by atoms with Gasteiger partial charge in [-0.25, -0.2) is 34.4 Å². The standard InChI is InChI=1S/C6H11.C5H4F.C5H5S.2ClH.Hf.H3Si/c1-2-4-6-5-3-1;6-5-3-1-2-4-5;1-2-4-6-5-3-1;;;;/h1H,2-6H2;1,3H,2H2;1-5H;2*1H;;1H3/q3*-1;;;;. The molecule has 1 fully saturated rings. The Labute approximate surface area is 175 Å². The van der Waals surface area contributed by atoms with Gasteiger partial charge in [-0.3, -0.25) is 0 Å². The predicted molar refractivity (Wildman–Crippen MR) is 104 cm³/mol. The number of rotatable bonds is 0. The van der Waals surface area contributed by atoms with Crippen molar-refractivity contribution in [1.82, 2.24) is 0 Å². The molecule has 0 aromatic heterocycles. The Hall–Kier alpha value is 0.777. The van der Waals surface area contributed by atoms with Crippen LogP contribution in [-0.2, 0) is 25.8 Å². The second kappa shape index (κ2) is 24.0. The molecule has 0 saturated heterocycles. The average molecular weight is 546 g/mol. The van der Waals surface area contributed by atoms with Crippen LogP contribution in [0.4, 0.5) is 4.39 Å². The van der Waals surface area contributed by atoms with Crippen molar-refractivity contribution >= 4 is 47.5 Å². The maximum Gasteiger partial charge on any atom is 0 e. The minimum atomic E-state index is -0.227. The smallest absolute Gasteiger partial charge is 0 e. The molecule has 0 bridgehead atoms. The molecule has 0 nitrogen and oxygen atoms in total. The molecule has 1 radical (unpaired) electrons. The molecule has 1 aliphatic heterocycles. The first-order chi connectivity index (χ1) is 8.89. The van der Waals surface area contributed by atoms with Crippen LogP contribution in [0.1, 0.15) is 38.5 Å². The van der Waals surface area contributed by atoms with Crippen molar-refractivity contribution in [2.75, 3.05) is 0 Å². The second-order valence-electron chi connectivity index (χ2n) is 4.04. The summed E-state index contributed by atoms with van der Waals surface area (Å²) in [7, 11) is 0. The van der Waals surface area contributed by atoms with E-state index in [2.05, 4.69) is 12.5 Å². The van der Waals surface area contributed by atoms with Gasteiger partial charge in [0.2, 0.25) is 0 Å². The summed E-state index contributed by atoms with van der Waals surface area (Å²) < 4.78 is 11.6. The van der Waals surface area contributed by atoms with E-state index in [4.69, 9.17) is 0 Å². The van der Waals surface area contributed by atoms with E-state index < -0.39 is 0 Å². The summed E-state index contributed by atoms with van der Waals surface area (Å²) in [5, 5.41) is 2.04. The van der Waals surface area contributed by atoms with Gasteiger partial charge in [-0.2, -0.15) is 30.7 Å². The van der Waals surface area contributed by atoms with Crippen LogP contribution < -0.4 is 0 Å². The van der Waals surface area contributed by atoms with Gasteiger partial charge in [-0.1, -0.05) is 24.7 Å². The van der Waals surface area contributed by atoms with E-state index in [0.717, 1.165) is 0 Å². The molecule has 2 aliphatic carbocycles. The molecule has 3 rings (SSSR count). The zero-order valence-electron chi connectivity index (χ0n) is 13.0. The van der Waals surface area contributed by atoms with Crippen molar-refractivity contribution in [2.24, 2.45) is 0 Å². The van der Waals surface area contributed by atoms with Crippen LogP contribution in [0.3, 0.4) is 0 Å². The van der Waals surface area contributed by atoms with Gasteiger partial charge in [-0.15, -0.1) is 37.3 Å². The van der Waals surface area contributed by atoms with Crippen molar-refractivity contribution in [2.45, 2.75) is 38.5 Å². The number of hydrogen-bond acceptors (Lipinski definition) is 1. The van der Waals surface area contributed by atoms with E-state index in [9.17, 15) is 4.39 Å². The SMILES string of the molecule is C1=C[CH-]SC=C1.Cl.Cl.FC1=[C-]CC=C1.[CH-]1CCCCC1.[Hf].[SiH3]. The Morgan fingerprint density at radius 1 is 1.09 bits per heavy atom. The second-order valence-corrected chi connectivity index (χ2v) is 4.86. The third kappa shape index (κ3) is 20.8. The first-order valence-electron chi connectivity index (χ1n) is 6.44. The summed E-state index contributed by atoms with van der Waals surface area (Å²) in [6.45, 7) is 0. The van der Waals surface area contributed by atoms with Gasteiger partial charge in [0.1, 0.15) is 0 Å². The molecule has 127 valence electrons. The monoisotopic (exact) mass is 546 g/mol. The van der Waals surface area contributed by atoms with Gasteiger partial charge < -0.3 is 6.42 Å². The van der Waals surface area contributed by atoms with Crippen molar-refractivity contribution < 1.29 is 30.2 Å². The maximum absolute atomic E-state index is 11.6. The van der Waals surface area contributed by atoms with Crippen molar-refractivity contribution in [1.29, 1.82) is 0 Å². The molecule has 0 amide bonds. The van der Waals surface area contributed by atoms with E-state index >= 15 is 0 Å². The van der Waals surface area contributed by atoms with E-state index in [0.29, 0.717) is 6.42 Å². The quantitative estimate of drug-likeness (QED) is 0.291. The molecule has 0 spiro atoms. The van der Waals surface area contributed by atoms with Crippen LogP contribution >= 0.6 is 36.6 Å². The van der Waals surface area contributed by atoms with E-state index in [1.165, 1.54) is 38.2 Å². The first kappa shape index (κ1) is 30.6. The number of thioether (sulfide) groups is 1. The van der Waals surface area contributed by atoms with E-state index in [1.807, 2.05) is 29.4 Å². The van der Waals surface area contributed by atoms with Gasteiger partial charge in [0.05, 0.1) is 0 Å². The molecule has 3 aliphatic rings. The minimum absolute atomic E-state index is 0. The molecule has 1 heterocycles. The molecule has 1 saturated carbocycles. The summed E-state index contributed by atoms with van der Waals surface area (Å²) in [6, 6.07) is 0. The van der Waals surface area contributed by atoms with E-state index in [-0.39, 0.29) is 67.4 Å². The van der Waals surface area contributed by atoms with Crippen LogP contribution in [0, 0.1) is 18.2 Å². The summed E-state index contributed by atoms with van der Waals surface area (Å²) >= 11 is 1.70. The summed E-state index contributed by atoms with van der Waals surface area (Å²) in [6.07, 6.45) is 21.8.